The lowest BCUT2D eigenvalue weighted by atomic mass is 10.00. The Balaban J connectivity index is 1.89. The summed E-state index contributed by atoms with van der Waals surface area (Å²) in [5.41, 5.74) is 2.61. The molecule has 0 aliphatic heterocycles. The summed E-state index contributed by atoms with van der Waals surface area (Å²) in [6, 6.07) is 8.70. The molecule has 20 heavy (non-hydrogen) atoms. The van der Waals surface area contributed by atoms with E-state index < -0.39 is 0 Å². The highest BCUT2D eigenvalue weighted by Crippen LogP contribution is 2.47. The zero-order valence-corrected chi connectivity index (χ0v) is 12.6. The van der Waals surface area contributed by atoms with Crippen LogP contribution in [0.25, 0.3) is 0 Å². The first-order chi connectivity index (χ1) is 9.52. The van der Waals surface area contributed by atoms with Gasteiger partial charge < -0.3 is 10.4 Å². The Labute approximate surface area is 121 Å². The number of amides is 1. The van der Waals surface area contributed by atoms with Crippen molar-refractivity contribution in [1.82, 2.24) is 5.32 Å². The highest BCUT2D eigenvalue weighted by atomic mass is 16.3. The van der Waals surface area contributed by atoms with Crippen molar-refractivity contribution in [1.29, 1.82) is 0 Å². The normalized spacial score (nSPS) is 22.6. The van der Waals surface area contributed by atoms with E-state index in [1.54, 1.807) is 0 Å². The molecule has 1 aliphatic rings. The second-order valence-corrected chi connectivity index (χ2v) is 6.19. The predicted molar refractivity (Wildman–Crippen MR) is 80.7 cm³/mol. The van der Waals surface area contributed by atoms with E-state index in [4.69, 9.17) is 5.11 Å². The first-order valence-corrected chi connectivity index (χ1v) is 7.54. The molecule has 1 fully saturated rings. The van der Waals surface area contributed by atoms with Gasteiger partial charge in [0.1, 0.15) is 0 Å². The molecular weight excluding hydrogens is 250 g/mol. The van der Waals surface area contributed by atoms with Crippen molar-refractivity contribution in [2.75, 3.05) is 6.61 Å². The lowest BCUT2D eigenvalue weighted by molar-refractivity contribution is -0.123. The minimum absolute atomic E-state index is 0.0528. The minimum atomic E-state index is 0.0528. The lowest BCUT2D eigenvalue weighted by Crippen LogP contribution is -2.34. The van der Waals surface area contributed by atoms with Crippen LogP contribution in [0.2, 0.25) is 0 Å². The largest absolute Gasteiger partial charge is 0.396 e. The molecule has 0 spiro atoms. The van der Waals surface area contributed by atoms with E-state index in [0.717, 1.165) is 6.42 Å². The Morgan fingerprint density at radius 1 is 1.30 bits per heavy atom. The number of carbonyl (C=O) groups excluding carboxylic acids is 1. The predicted octanol–water partition coefficient (Wildman–Crippen LogP) is 2.80. The van der Waals surface area contributed by atoms with Gasteiger partial charge in [0, 0.05) is 18.6 Å². The molecule has 0 aromatic heterocycles. The topological polar surface area (TPSA) is 49.3 Å². The quantitative estimate of drug-likeness (QED) is 0.838. The van der Waals surface area contributed by atoms with Crippen LogP contribution in [0.15, 0.2) is 24.3 Å². The molecule has 0 bridgehead atoms. The third-order valence-corrected chi connectivity index (χ3v) is 4.11. The smallest absolute Gasteiger partial charge is 0.223 e. The molecule has 3 heteroatoms. The molecule has 0 radical (unpaired) electrons. The van der Waals surface area contributed by atoms with Crippen molar-refractivity contribution in [3.63, 3.8) is 0 Å². The molecular formula is C17H25NO2. The SMILES string of the molecule is CC(CCO)NC(=O)C1CC1c1ccc(C(C)C)cc1. The van der Waals surface area contributed by atoms with E-state index in [9.17, 15) is 4.79 Å². The van der Waals surface area contributed by atoms with Crippen molar-refractivity contribution in [2.45, 2.75) is 51.5 Å². The summed E-state index contributed by atoms with van der Waals surface area (Å²) < 4.78 is 0. The number of aliphatic hydroxyl groups is 1. The molecule has 1 aromatic carbocycles. The van der Waals surface area contributed by atoms with E-state index in [-0.39, 0.29) is 24.5 Å². The van der Waals surface area contributed by atoms with Crippen LogP contribution in [0.4, 0.5) is 0 Å². The number of aliphatic hydroxyl groups excluding tert-OH is 1. The number of benzene rings is 1. The van der Waals surface area contributed by atoms with Gasteiger partial charge in [-0.1, -0.05) is 38.1 Å². The highest BCUT2D eigenvalue weighted by Gasteiger charge is 2.44. The van der Waals surface area contributed by atoms with Crippen LogP contribution in [0.3, 0.4) is 0 Å². The number of carbonyl (C=O) groups is 1. The summed E-state index contributed by atoms with van der Waals surface area (Å²) in [5.74, 6) is 1.16. The summed E-state index contributed by atoms with van der Waals surface area (Å²) in [6.45, 7) is 6.42. The van der Waals surface area contributed by atoms with Gasteiger partial charge in [0.15, 0.2) is 0 Å². The number of hydrogen-bond acceptors (Lipinski definition) is 2. The van der Waals surface area contributed by atoms with Gasteiger partial charge in [-0.05, 0) is 42.7 Å². The van der Waals surface area contributed by atoms with Crippen molar-refractivity contribution >= 4 is 5.91 Å². The molecule has 1 aliphatic carbocycles. The van der Waals surface area contributed by atoms with Crippen molar-refractivity contribution in [2.24, 2.45) is 5.92 Å². The van der Waals surface area contributed by atoms with Gasteiger partial charge in [0.2, 0.25) is 5.91 Å². The van der Waals surface area contributed by atoms with Gasteiger partial charge >= 0.3 is 0 Å². The molecule has 1 saturated carbocycles. The Bertz CT molecular complexity index is 453. The molecule has 1 aromatic rings. The van der Waals surface area contributed by atoms with E-state index >= 15 is 0 Å². The average Bonchev–Trinajstić information content (AvgIpc) is 3.19. The first-order valence-electron chi connectivity index (χ1n) is 7.54. The van der Waals surface area contributed by atoms with E-state index in [2.05, 4.69) is 43.4 Å². The van der Waals surface area contributed by atoms with Gasteiger partial charge in [-0.15, -0.1) is 0 Å². The van der Waals surface area contributed by atoms with Crippen molar-refractivity contribution in [3.05, 3.63) is 35.4 Å². The van der Waals surface area contributed by atoms with Crippen LogP contribution in [0, 0.1) is 5.92 Å². The van der Waals surface area contributed by atoms with E-state index in [1.807, 2.05) is 6.92 Å². The fourth-order valence-corrected chi connectivity index (χ4v) is 2.60. The fourth-order valence-electron chi connectivity index (χ4n) is 2.60. The summed E-state index contributed by atoms with van der Waals surface area (Å²) in [4.78, 5) is 12.1. The van der Waals surface area contributed by atoms with Gasteiger partial charge in [-0.2, -0.15) is 0 Å². The average molecular weight is 275 g/mol. The minimum Gasteiger partial charge on any atom is -0.396 e. The van der Waals surface area contributed by atoms with Crippen LogP contribution < -0.4 is 5.32 Å². The maximum Gasteiger partial charge on any atom is 0.223 e. The van der Waals surface area contributed by atoms with Crippen LogP contribution >= 0.6 is 0 Å². The number of nitrogens with one attached hydrogen (secondary N) is 1. The van der Waals surface area contributed by atoms with Crippen LogP contribution in [-0.2, 0) is 4.79 Å². The van der Waals surface area contributed by atoms with Crippen LogP contribution in [0.1, 0.15) is 56.6 Å². The molecule has 3 unspecified atom stereocenters. The summed E-state index contributed by atoms with van der Waals surface area (Å²) >= 11 is 0. The zero-order chi connectivity index (χ0) is 14.7. The molecule has 1 amide bonds. The molecule has 2 N–H and O–H groups in total. The second-order valence-electron chi connectivity index (χ2n) is 6.19. The molecule has 3 atom stereocenters. The van der Waals surface area contributed by atoms with Crippen molar-refractivity contribution < 1.29 is 9.90 Å². The van der Waals surface area contributed by atoms with E-state index in [0.29, 0.717) is 18.3 Å². The van der Waals surface area contributed by atoms with Crippen molar-refractivity contribution in [3.8, 4) is 0 Å². The third kappa shape index (κ3) is 3.60. The molecule has 3 nitrogen and oxygen atoms in total. The molecule has 0 heterocycles. The lowest BCUT2D eigenvalue weighted by Gasteiger charge is -2.12. The number of rotatable bonds is 6. The van der Waals surface area contributed by atoms with Gasteiger partial charge in [0.25, 0.3) is 0 Å². The van der Waals surface area contributed by atoms with Gasteiger partial charge in [-0.3, -0.25) is 4.79 Å². The van der Waals surface area contributed by atoms with Gasteiger partial charge in [0.05, 0.1) is 0 Å². The summed E-state index contributed by atoms with van der Waals surface area (Å²) in [7, 11) is 0. The zero-order valence-electron chi connectivity index (χ0n) is 12.6. The monoisotopic (exact) mass is 275 g/mol. The molecule has 0 saturated heterocycles. The Hall–Kier alpha value is -1.35. The Morgan fingerprint density at radius 3 is 2.50 bits per heavy atom. The Morgan fingerprint density at radius 2 is 1.95 bits per heavy atom. The Kier molecular flexibility index (Phi) is 4.81. The molecule has 2 rings (SSSR count). The van der Waals surface area contributed by atoms with Gasteiger partial charge in [-0.25, -0.2) is 0 Å². The number of hydrogen-bond donors (Lipinski definition) is 2. The standard InChI is InChI=1S/C17H25NO2/c1-11(2)13-4-6-14(7-5-13)15-10-16(15)17(20)18-12(3)8-9-19/h4-7,11-12,15-16,19H,8-10H2,1-3H3,(H,18,20). The maximum absolute atomic E-state index is 12.1. The van der Waals surface area contributed by atoms with Crippen LogP contribution in [-0.4, -0.2) is 23.7 Å². The molecule has 110 valence electrons. The maximum atomic E-state index is 12.1. The summed E-state index contributed by atoms with van der Waals surface area (Å²) in [6.07, 6.45) is 1.56. The third-order valence-electron chi connectivity index (χ3n) is 4.11. The summed E-state index contributed by atoms with van der Waals surface area (Å²) in [5, 5.41) is 11.8. The van der Waals surface area contributed by atoms with Crippen LogP contribution in [0.5, 0.6) is 0 Å². The highest BCUT2D eigenvalue weighted by molar-refractivity contribution is 5.83. The fraction of sp³-hybridized carbons (Fsp3) is 0.588. The first kappa shape index (κ1) is 15.0. The second kappa shape index (κ2) is 6.40. The van der Waals surface area contributed by atoms with E-state index in [1.165, 1.54) is 11.1 Å².